The molecule has 2 heterocycles. The number of thiophene rings is 1. The van der Waals surface area contributed by atoms with Gasteiger partial charge in [0.15, 0.2) is 0 Å². The molecule has 0 amide bonds. The molecule has 0 spiro atoms. The van der Waals surface area contributed by atoms with Crippen molar-refractivity contribution >= 4 is 33.3 Å². The van der Waals surface area contributed by atoms with Crippen LogP contribution >= 0.6 is 11.3 Å². The Bertz CT molecular complexity index is 1870. The normalized spacial score (nSPS) is 20.0. The van der Waals surface area contributed by atoms with E-state index in [4.69, 9.17) is 4.74 Å². The lowest BCUT2D eigenvalue weighted by atomic mass is 9.62. The van der Waals surface area contributed by atoms with Gasteiger partial charge in [0.25, 0.3) is 10.0 Å². The molecule has 0 bridgehead atoms. The van der Waals surface area contributed by atoms with E-state index in [0.29, 0.717) is 6.54 Å². The van der Waals surface area contributed by atoms with Crippen LogP contribution in [0.1, 0.15) is 40.3 Å². The first-order valence-electron chi connectivity index (χ1n) is 14.2. The van der Waals surface area contributed by atoms with E-state index in [0.717, 1.165) is 39.3 Å². The van der Waals surface area contributed by atoms with Crippen molar-refractivity contribution in [3.63, 3.8) is 0 Å². The third kappa shape index (κ3) is 4.86. The maximum absolute atomic E-state index is 13.8. The van der Waals surface area contributed by atoms with Gasteiger partial charge in [0.05, 0.1) is 17.4 Å². The van der Waals surface area contributed by atoms with Crippen molar-refractivity contribution in [2.24, 2.45) is 4.40 Å². The van der Waals surface area contributed by atoms with E-state index >= 15 is 0 Å². The van der Waals surface area contributed by atoms with E-state index in [9.17, 15) is 8.42 Å². The number of ether oxygens (including phenoxy) is 1. The Balaban J connectivity index is 1.67. The molecular weight excluding hydrogens is 573 g/mol. The summed E-state index contributed by atoms with van der Waals surface area (Å²) >= 11 is 1.59. The molecule has 4 aromatic carbocycles. The van der Waals surface area contributed by atoms with Crippen LogP contribution in [0.3, 0.4) is 0 Å². The summed E-state index contributed by atoms with van der Waals surface area (Å²) in [5.41, 5.74) is 5.56. The van der Waals surface area contributed by atoms with Gasteiger partial charge in [0.1, 0.15) is 11.3 Å². The van der Waals surface area contributed by atoms with Crippen LogP contribution in [0.4, 0.5) is 5.69 Å². The Hall–Kier alpha value is -4.20. The quantitative estimate of drug-likeness (QED) is 0.168. The van der Waals surface area contributed by atoms with Gasteiger partial charge in [-0.05, 0) is 90.2 Å². The fourth-order valence-electron chi connectivity index (χ4n) is 6.29. The number of nitrogens with zero attached hydrogens (tertiary/aromatic N) is 2. The van der Waals surface area contributed by atoms with Gasteiger partial charge in [-0.1, -0.05) is 77.9 Å². The van der Waals surface area contributed by atoms with E-state index in [1.807, 2.05) is 36.6 Å². The largest absolute Gasteiger partial charge is 0.497 e. The summed E-state index contributed by atoms with van der Waals surface area (Å²) in [5, 5.41) is 4.15. The standard InChI is InChI=1S/C36H34N2O3S2/c1-26-10-14-28(15-11-26)23-38-34-19-16-31(41-4)22-33(34)35(3,29-8-6-5-7-9-29)36(38,30-20-21-42-24-30)25-37-43(39,40)32-17-12-27(2)13-18-32/h5-22,24-25H,23H2,1-4H3/b37-25+/t35-,36-/m1/s1. The zero-order chi connectivity index (χ0) is 30.2. The second-order valence-electron chi connectivity index (χ2n) is 11.2. The summed E-state index contributed by atoms with van der Waals surface area (Å²) in [6.07, 6.45) is 1.68. The minimum Gasteiger partial charge on any atom is -0.497 e. The van der Waals surface area contributed by atoms with Crippen molar-refractivity contribution in [2.45, 2.75) is 43.2 Å². The maximum Gasteiger partial charge on any atom is 0.282 e. The fourth-order valence-corrected chi connectivity index (χ4v) is 7.89. The fraction of sp³-hybridized carbons (Fsp3) is 0.194. The second-order valence-corrected chi connectivity index (χ2v) is 13.7. The predicted octanol–water partition coefficient (Wildman–Crippen LogP) is 8.05. The Kier molecular flexibility index (Phi) is 7.48. The first kappa shape index (κ1) is 28.9. The van der Waals surface area contributed by atoms with E-state index in [-0.39, 0.29) is 4.90 Å². The summed E-state index contributed by atoms with van der Waals surface area (Å²) in [7, 11) is -2.34. The van der Waals surface area contributed by atoms with Crippen LogP contribution < -0.4 is 9.64 Å². The van der Waals surface area contributed by atoms with Crippen LogP contribution in [0.2, 0.25) is 0 Å². The molecule has 0 fully saturated rings. The molecule has 0 N–H and O–H groups in total. The van der Waals surface area contributed by atoms with Crippen molar-refractivity contribution in [3.8, 4) is 5.75 Å². The van der Waals surface area contributed by atoms with Crippen molar-refractivity contribution in [2.75, 3.05) is 12.0 Å². The first-order chi connectivity index (χ1) is 20.7. The van der Waals surface area contributed by atoms with Gasteiger partial charge in [-0.25, -0.2) is 0 Å². The molecule has 1 aliphatic rings. The first-order valence-corrected chi connectivity index (χ1v) is 16.6. The number of benzene rings is 4. The summed E-state index contributed by atoms with van der Waals surface area (Å²) in [4.78, 5) is 2.48. The van der Waals surface area contributed by atoms with Gasteiger partial charge in [-0.2, -0.15) is 24.2 Å². The molecule has 0 aliphatic carbocycles. The zero-order valence-corrected chi connectivity index (χ0v) is 26.3. The maximum atomic E-state index is 13.8. The highest BCUT2D eigenvalue weighted by Gasteiger charge is 2.61. The summed E-state index contributed by atoms with van der Waals surface area (Å²) in [6.45, 7) is 6.74. The average molecular weight is 607 g/mol. The number of anilines is 1. The second kappa shape index (κ2) is 11.1. The third-order valence-electron chi connectivity index (χ3n) is 8.69. The van der Waals surface area contributed by atoms with E-state index < -0.39 is 21.0 Å². The molecule has 1 aliphatic heterocycles. The Morgan fingerprint density at radius 1 is 0.860 bits per heavy atom. The molecule has 0 radical (unpaired) electrons. The van der Waals surface area contributed by atoms with E-state index in [2.05, 4.69) is 83.1 Å². The highest BCUT2D eigenvalue weighted by Crippen LogP contribution is 2.60. The molecule has 5 nitrogen and oxygen atoms in total. The SMILES string of the molecule is COc1ccc2c(c1)[C@@](C)(c1ccccc1)[C@@](/C=N/S(=O)(=O)c1ccc(C)cc1)(c1ccsc1)N2Cc1ccc(C)cc1. The average Bonchev–Trinajstić information content (AvgIpc) is 3.63. The van der Waals surface area contributed by atoms with Gasteiger partial charge in [0.2, 0.25) is 0 Å². The monoisotopic (exact) mass is 606 g/mol. The number of fused-ring (bicyclic) bond motifs is 1. The molecule has 5 aromatic rings. The number of hydrogen-bond donors (Lipinski definition) is 0. The van der Waals surface area contributed by atoms with Crippen molar-refractivity contribution in [1.29, 1.82) is 0 Å². The highest BCUT2D eigenvalue weighted by molar-refractivity contribution is 7.90. The van der Waals surface area contributed by atoms with Crippen LogP contribution in [-0.4, -0.2) is 21.7 Å². The summed E-state index contributed by atoms with van der Waals surface area (Å²) in [6, 6.07) is 33.8. The number of methoxy groups -OCH3 is 1. The summed E-state index contributed by atoms with van der Waals surface area (Å²) in [5.74, 6) is 0.738. The molecule has 1 aromatic heterocycles. The zero-order valence-electron chi connectivity index (χ0n) is 24.7. The lowest BCUT2D eigenvalue weighted by Crippen LogP contribution is -2.55. The molecule has 0 saturated carbocycles. The number of aryl methyl sites for hydroxylation is 2. The van der Waals surface area contributed by atoms with Gasteiger partial charge in [0, 0.05) is 18.4 Å². The minimum atomic E-state index is -4.01. The number of rotatable bonds is 8. The number of sulfonamides is 1. The molecule has 0 saturated heterocycles. The molecule has 7 heteroatoms. The molecular formula is C36H34N2O3S2. The minimum absolute atomic E-state index is 0.165. The summed E-state index contributed by atoms with van der Waals surface area (Å²) < 4.78 is 37.8. The number of hydrogen-bond acceptors (Lipinski definition) is 5. The molecule has 2 atom stereocenters. The van der Waals surface area contributed by atoms with Crippen LogP contribution in [0, 0.1) is 13.8 Å². The van der Waals surface area contributed by atoms with Gasteiger partial charge < -0.3 is 9.64 Å². The molecule has 0 unspecified atom stereocenters. The van der Waals surface area contributed by atoms with Gasteiger partial charge in [-0.15, -0.1) is 0 Å². The van der Waals surface area contributed by atoms with Gasteiger partial charge in [-0.3, -0.25) is 0 Å². The van der Waals surface area contributed by atoms with Crippen LogP contribution in [-0.2, 0) is 27.5 Å². The van der Waals surface area contributed by atoms with Crippen molar-refractivity contribution in [1.82, 2.24) is 0 Å². The van der Waals surface area contributed by atoms with Crippen LogP contribution in [0.5, 0.6) is 5.75 Å². The Labute approximate surface area is 258 Å². The smallest absolute Gasteiger partial charge is 0.282 e. The van der Waals surface area contributed by atoms with Crippen molar-refractivity contribution < 1.29 is 13.2 Å². The molecule has 43 heavy (non-hydrogen) atoms. The predicted molar refractivity (Wildman–Crippen MR) is 176 cm³/mol. The third-order valence-corrected chi connectivity index (χ3v) is 10.6. The van der Waals surface area contributed by atoms with Crippen LogP contribution in [0.25, 0.3) is 0 Å². The lowest BCUT2D eigenvalue weighted by molar-refractivity contribution is 0.386. The molecule has 218 valence electrons. The highest BCUT2D eigenvalue weighted by atomic mass is 32.2. The van der Waals surface area contributed by atoms with E-state index in [1.165, 1.54) is 5.56 Å². The van der Waals surface area contributed by atoms with E-state index in [1.54, 1.807) is 48.9 Å². The topological polar surface area (TPSA) is 59.0 Å². The van der Waals surface area contributed by atoms with Gasteiger partial charge >= 0.3 is 0 Å². The van der Waals surface area contributed by atoms with Crippen molar-refractivity contribution in [3.05, 3.63) is 147 Å². The lowest BCUT2D eigenvalue weighted by Gasteiger charge is -2.47. The Morgan fingerprint density at radius 3 is 2.16 bits per heavy atom. The molecule has 6 rings (SSSR count). The Morgan fingerprint density at radius 2 is 1.53 bits per heavy atom. The van der Waals surface area contributed by atoms with Crippen LogP contribution in [0.15, 0.2) is 123 Å².